The molecule has 1 fully saturated rings. The molecule has 1 atom stereocenters. The minimum Gasteiger partial charge on any atom is -0.507 e. The Bertz CT molecular complexity index is 1250. The molecule has 0 bridgehead atoms. The Morgan fingerprint density at radius 2 is 1.88 bits per heavy atom. The third-order valence-electron chi connectivity index (χ3n) is 5.23. The molecular formula is C24H21FN2O6. The van der Waals surface area contributed by atoms with Gasteiger partial charge < -0.3 is 19.1 Å². The van der Waals surface area contributed by atoms with Gasteiger partial charge >= 0.3 is 5.91 Å². The zero-order valence-corrected chi connectivity index (χ0v) is 18.2. The van der Waals surface area contributed by atoms with Gasteiger partial charge in [0.1, 0.15) is 17.3 Å². The highest BCUT2D eigenvalue weighted by atomic mass is 19.1. The summed E-state index contributed by atoms with van der Waals surface area (Å²) in [6, 6.07) is 10.4. The number of ether oxygens (including phenoxy) is 2. The molecule has 1 amide bonds. The molecule has 0 radical (unpaired) electrons. The van der Waals surface area contributed by atoms with E-state index in [2.05, 4.69) is 5.16 Å². The molecule has 0 aliphatic carbocycles. The summed E-state index contributed by atoms with van der Waals surface area (Å²) in [6.45, 7) is 3.90. The quantitative estimate of drug-likeness (QED) is 0.340. The summed E-state index contributed by atoms with van der Waals surface area (Å²) in [5.74, 6) is -1.31. The lowest BCUT2D eigenvalue weighted by Crippen LogP contribution is -2.29. The van der Waals surface area contributed by atoms with Gasteiger partial charge in [0, 0.05) is 11.6 Å². The number of hydrogen-bond acceptors (Lipinski definition) is 7. The van der Waals surface area contributed by atoms with Crippen molar-refractivity contribution in [3.05, 3.63) is 76.8 Å². The fourth-order valence-electron chi connectivity index (χ4n) is 3.74. The predicted octanol–water partition coefficient (Wildman–Crippen LogP) is 4.16. The van der Waals surface area contributed by atoms with Gasteiger partial charge in [-0.25, -0.2) is 4.39 Å². The van der Waals surface area contributed by atoms with Gasteiger partial charge in [0.05, 0.1) is 25.3 Å². The Morgan fingerprint density at radius 1 is 1.15 bits per heavy atom. The highest BCUT2D eigenvalue weighted by Crippen LogP contribution is 2.43. The molecule has 1 aliphatic rings. The number of halogens is 1. The van der Waals surface area contributed by atoms with Crippen molar-refractivity contribution in [1.82, 2.24) is 5.16 Å². The number of amides is 1. The fraction of sp³-hybridized carbons (Fsp3) is 0.208. The maximum Gasteiger partial charge on any atom is 0.301 e. The summed E-state index contributed by atoms with van der Waals surface area (Å²) < 4.78 is 29.5. The van der Waals surface area contributed by atoms with Gasteiger partial charge in [-0.2, -0.15) is 0 Å². The molecule has 3 aromatic rings. The number of ketones is 1. The van der Waals surface area contributed by atoms with Crippen LogP contribution in [0.1, 0.15) is 29.9 Å². The maximum absolute atomic E-state index is 13.4. The molecule has 1 aliphatic heterocycles. The third-order valence-corrected chi connectivity index (χ3v) is 5.23. The molecule has 2 heterocycles. The Kier molecular flexibility index (Phi) is 5.87. The van der Waals surface area contributed by atoms with E-state index in [1.165, 1.54) is 25.3 Å². The minimum absolute atomic E-state index is 0.116. The van der Waals surface area contributed by atoms with Crippen molar-refractivity contribution in [3.63, 3.8) is 0 Å². The normalized spacial score (nSPS) is 17.5. The van der Waals surface area contributed by atoms with Crippen molar-refractivity contribution in [1.29, 1.82) is 0 Å². The lowest BCUT2D eigenvalue weighted by Gasteiger charge is -2.23. The number of carbonyl (C=O) groups is 2. The summed E-state index contributed by atoms with van der Waals surface area (Å²) in [7, 11) is 1.47. The van der Waals surface area contributed by atoms with Crippen LogP contribution in [0, 0.1) is 12.7 Å². The number of anilines is 1. The van der Waals surface area contributed by atoms with Crippen molar-refractivity contribution >= 4 is 23.3 Å². The fourth-order valence-corrected chi connectivity index (χ4v) is 3.74. The minimum atomic E-state index is -1.04. The number of aryl methyl sites for hydroxylation is 1. The molecule has 9 heteroatoms. The van der Waals surface area contributed by atoms with Crippen molar-refractivity contribution in [2.24, 2.45) is 0 Å². The van der Waals surface area contributed by atoms with Crippen LogP contribution in [0.3, 0.4) is 0 Å². The van der Waals surface area contributed by atoms with Crippen LogP contribution in [0.5, 0.6) is 11.5 Å². The van der Waals surface area contributed by atoms with E-state index in [1.807, 2.05) is 6.92 Å². The average Bonchev–Trinajstić information content (AvgIpc) is 3.35. The van der Waals surface area contributed by atoms with Gasteiger partial charge in [0.15, 0.2) is 17.3 Å². The second kappa shape index (κ2) is 8.78. The molecular weight excluding hydrogens is 431 g/mol. The Morgan fingerprint density at radius 3 is 2.48 bits per heavy atom. The molecule has 1 N–H and O–H groups in total. The van der Waals surface area contributed by atoms with Gasteiger partial charge in [-0.05, 0) is 55.8 Å². The summed E-state index contributed by atoms with van der Waals surface area (Å²) in [5, 5.41) is 14.9. The number of hydrogen-bond donors (Lipinski definition) is 1. The first kappa shape index (κ1) is 22.1. The molecule has 8 nitrogen and oxygen atoms in total. The monoisotopic (exact) mass is 452 g/mol. The first-order valence-electron chi connectivity index (χ1n) is 10.2. The molecule has 4 rings (SSSR count). The van der Waals surface area contributed by atoms with Gasteiger partial charge in [-0.3, -0.25) is 14.5 Å². The summed E-state index contributed by atoms with van der Waals surface area (Å²) in [5.41, 5.74) is 0.492. The lowest BCUT2D eigenvalue weighted by atomic mass is 9.95. The standard InChI is InChI=1S/C24H21FN2O6/c1-4-32-17-10-7-15(12-18(17)31-3)21-20(22(28)14-5-8-16(25)9-6-14)23(29)24(30)27(21)19-11-13(2)33-26-19/h5-12,21,28H,4H2,1-3H3/b22-20+. The van der Waals surface area contributed by atoms with Crippen molar-refractivity contribution < 1.29 is 33.1 Å². The van der Waals surface area contributed by atoms with E-state index in [-0.39, 0.29) is 17.0 Å². The Labute approximate surface area is 188 Å². The zero-order valence-electron chi connectivity index (χ0n) is 18.2. The highest BCUT2D eigenvalue weighted by molar-refractivity contribution is 6.51. The van der Waals surface area contributed by atoms with Crippen LogP contribution < -0.4 is 14.4 Å². The molecule has 33 heavy (non-hydrogen) atoms. The van der Waals surface area contributed by atoms with E-state index < -0.39 is 29.3 Å². The Balaban J connectivity index is 1.93. The SMILES string of the molecule is CCOc1ccc(C2/C(=C(\O)c3ccc(F)cc3)C(=O)C(=O)N2c2cc(C)on2)cc1OC. The van der Waals surface area contributed by atoms with Crippen LogP contribution >= 0.6 is 0 Å². The Hall–Kier alpha value is -4.14. The number of Topliss-reactive ketones (excluding diaryl/α,β-unsaturated/α-hetero) is 1. The van der Waals surface area contributed by atoms with E-state index >= 15 is 0 Å². The highest BCUT2D eigenvalue weighted by Gasteiger charge is 2.48. The number of carbonyl (C=O) groups excluding carboxylic acids is 2. The molecule has 1 aromatic heterocycles. The average molecular weight is 452 g/mol. The predicted molar refractivity (Wildman–Crippen MR) is 117 cm³/mol. The molecule has 0 spiro atoms. The van der Waals surface area contributed by atoms with E-state index in [9.17, 15) is 19.1 Å². The largest absolute Gasteiger partial charge is 0.507 e. The van der Waals surface area contributed by atoms with E-state index in [4.69, 9.17) is 14.0 Å². The topological polar surface area (TPSA) is 102 Å². The van der Waals surface area contributed by atoms with Gasteiger partial charge in [-0.15, -0.1) is 0 Å². The van der Waals surface area contributed by atoms with Gasteiger partial charge in [-0.1, -0.05) is 11.2 Å². The van der Waals surface area contributed by atoms with E-state index in [0.717, 1.165) is 17.0 Å². The van der Waals surface area contributed by atoms with Crippen molar-refractivity contribution in [3.8, 4) is 11.5 Å². The lowest BCUT2D eigenvalue weighted by molar-refractivity contribution is -0.132. The van der Waals surface area contributed by atoms with Crippen LogP contribution in [0.25, 0.3) is 5.76 Å². The summed E-state index contributed by atoms with van der Waals surface area (Å²) in [6.07, 6.45) is 0. The molecule has 0 saturated carbocycles. The maximum atomic E-state index is 13.4. The van der Waals surface area contributed by atoms with E-state index in [0.29, 0.717) is 29.4 Å². The number of aliphatic hydroxyl groups is 1. The van der Waals surface area contributed by atoms with Crippen LogP contribution in [0.15, 0.2) is 58.6 Å². The molecule has 1 saturated heterocycles. The zero-order chi connectivity index (χ0) is 23.7. The van der Waals surface area contributed by atoms with Gasteiger partial charge in [0.25, 0.3) is 5.78 Å². The number of aromatic nitrogens is 1. The smallest absolute Gasteiger partial charge is 0.301 e. The van der Waals surface area contributed by atoms with Crippen LogP contribution in [0.4, 0.5) is 10.2 Å². The van der Waals surface area contributed by atoms with Crippen LogP contribution in [0.2, 0.25) is 0 Å². The van der Waals surface area contributed by atoms with Crippen molar-refractivity contribution in [2.75, 3.05) is 18.6 Å². The summed E-state index contributed by atoms with van der Waals surface area (Å²) in [4.78, 5) is 27.3. The van der Waals surface area contributed by atoms with E-state index in [1.54, 1.807) is 25.1 Å². The molecule has 2 aromatic carbocycles. The van der Waals surface area contributed by atoms with Crippen LogP contribution in [-0.2, 0) is 9.59 Å². The number of aliphatic hydroxyl groups excluding tert-OH is 1. The van der Waals surface area contributed by atoms with Crippen LogP contribution in [-0.4, -0.2) is 35.7 Å². The third kappa shape index (κ3) is 3.93. The first-order valence-corrected chi connectivity index (χ1v) is 10.2. The second-order valence-corrected chi connectivity index (χ2v) is 7.32. The number of nitrogens with zero attached hydrogens (tertiary/aromatic N) is 2. The molecule has 1 unspecified atom stereocenters. The number of benzene rings is 2. The summed E-state index contributed by atoms with van der Waals surface area (Å²) >= 11 is 0. The second-order valence-electron chi connectivity index (χ2n) is 7.32. The molecule has 170 valence electrons. The number of rotatable bonds is 6. The van der Waals surface area contributed by atoms with Gasteiger partial charge in [0.2, 0.25) is 0 Å². The number of methoxy groups -OCH3 is 1. The first-order chi connectivity index (χ1) is 15.8. The van der Waals surface area contributed by atoms with Crippen molar-refractivity contribution in [2.45, 2.75) is 19.9 Å².